The predicted octanol–water partition coefficient (Wildman–Crippen LogP) is 2.39. The van der Waals surface area contributed by atoms with Crippen LogP contribution in [0.15, 0.2) is 24.3 Å². The van der Waals surface area contributed by atoms with Gasteiger partial charge in [-0.25, -0.2) is 4.98 Å². The van der Waals surface area contributed by atoms with Crippen molar-refractivity contribution in [3.8, 4) is 0 Å². The first kappa shape index (κ1) is 10.2. The Morgan fingerprint density at radius 2 is 2.27 bits per heavy atom. The molecule has 4 heteroatoms. The molecule has 1 aromatic carbocycles. The average Bonchev–Trinajstić information content (AvgIpc) is 2.28. The van der Waals surface area contributed by atoms with Crippen LogP contribution in [0.25, 0.3) is 10.9 Å². The highest BCUT2D eigenvalue weighted by Crippen LogP contribution is 2.27. The molecule has 78 valence electrons. The highest BCUT2D eigenvalue weighted by atomic mass is 35.5. The highest BCUT2D eigenvalue weighted by molar-refractivity contribution is 6.35. The van der Waals surface area contributed by atoms with Crippen LogP contribution in [0.4, 0.5) is 5.69 Å². The normalized spacial score (nSPS) is 10.6. The highest BCUT2D eigenvalue weighted by Gasteiger charge is 2.06. The fraction of sp³-hybridized carbons (Fsp3) is 0.182. The third-order valence-electron chi connectivity index (χ3n) is 2.32. The van der Waals surface area contributed by atoms with E-state index in [-0.39, 0.29) is 0 Å². The number of hydrogen-bond donors (Lipinski definition) is 2. The van der Waals surface area contributed by atoms with E-state index in [2.05, 4.69) is 10.3 Å². The zero-order valence-corrected chi connectivity index (χ0v) is 9.17. The second kappa shape index (κ2) is 4.04. The van der Waals surface area contributed by atoms with Gasteiger partial charge in [-0.05, 0) is 12.1 Å². The van der Waals surface area contributed by atoms with Gasteiger partial charge >= 0.3 is 0 Å². The third-order valence-corrected chi connectivity index (χ3v) is 2.63. The van der Waals surface area contributed by atoms with Crippen molar-refractivity contribution in [3.63, 3.8) is 0 Å². The molecule has 3 nitrogen and oxygen atoms in total. The molecule has 0 aliphatic heterocycles. The van der Waals surface area contributed by atoms with Gasteiger partial charge in [0, 0.05) is 24.7 Å². The fourth-order valence-corrected chi connectivity index (χ4v) is 1.79. The van der Waals surface area contributed by atoms with Gasteiger partial charge in [0.05, 0.1) is 16.2 Å². The Morgan fingerprint density at radius 3 is 2.93 bits per heavy atom. The van der Waals surface area contributed by atoms with E-state index in [4.69, 9.17) is 17.3 Å². The van der Waals surface area contributed by atoms with E-state index < -0.39 is 0 Å². The minimum absolute atomic E-state index is 0.413. The van der Waals surface area contributed by atoms with Gasteiger partial charge in [0.25, 0.3) is 0 Å². The number of hydrogen-bond acceptors (Lipinski definition) is 3. The standard InChI is InChI=1S/C11H12ClN3/c1-14-10-5-7(6-13)15-11-8(10)3-2-4-9(11)12/h2-5H,6,13H2,1H3,(H,14,15). The first-order chi connectivity index (χ1) is 7.26. The molecule has 0 bridgehead atoms. The second-order valence-electron chi connectivity index (χ2n) is 3.25. The summed E-state index contributed by atoms with van der Waals surface area (Å²) in [5, 5.41) is 4.79. The first-order valence-electron chi connectivity index (χ1n) is 4.72. The molecule has 0 aliphatic rings. The Hall–Kier alpha value is -1.32. The van der Waals surface area contributed by atoms with Crippen molar-refractivity contribution in [1.82, 2.24) is 4.98 Å². The summed E-state index contributed by atoms with van der Waals surface area (Å²) in [6.07, 6.45) is 0. The second-order valence-corrected chi connectivity index (χ2v) is 3.66. The molecule has 0 saturated heterocycles. The molecule has 0 unspecified atom stereocenters. The number of fused-ring (bicyclic) bond motifs is 1. The third kappa shape index (κ3) is 1.76. The van der Waals surface area contributed by atoms with Crippen molar-refractivity contribution in [2.45, 2.75) is 6.54 Å². The molecule has 0 amide bonds. The summed E-state index contributed by atoms with van der Waals surface area (Å²) < 4.78 is 0. The van der Waals surface area contributed by atoms with Crippen molar-refractivity contribution in [2.75, 3.05) is 12.4 Å². The van der Waals surface area contributed by atoms with Crippen LogP contribution in [0.2, 0.25) is 5.02 Å². The Bertz CT molecular complexity index is 496. The number of halogens is 1. The Labute approximate surface area is 93.3 Å². The van der Waals surface area contributed by atoms with Crippen LogP contribution >= 0.6 is 11.6 Å². The lowest BCUT2D eigenvalue weighted by Gasteiger charge is -2.08. The van der Waals surface area contributed by atoms with Gasteiger partial charge in [-0.15, -0.1) is 0 Å². The molecular weight excluding hydrogens is 210 g/mol. The quantitative estimate of drug-likeness (QED) is 0.819. The average molecular weight is 222 g/mol. The number of para-hydroxylation sites is 1. The van der Waals surface area contributed by atoms with E-state index >= 15 is 0 Å². The maximum atomic E-state index is 6.08. The van der Waals surface area contributed by atoms with E-state index in [1.807, 2.05) is 31.3 Å². The number of pyridine rings is 1. The van der Waals surface area contributed by atoms with Crippen LogP contribution in [0.1, 0.15) is 5.69 Å². The van der Waals surface area contributed by atoms with Crippen LogP contribution in [-0.4, -0.2) is 12.0 Å². The summed E-state index contributed by atoms with van der Waals surface area (Å²) >= 11 is 6.08. The molecule has 0 atom stereocenters. The van der Waals surface area contributed by atoms with Crippen molar-refractivity contribution in [1.29, 1.82) is 0 Å². The molecule has 1 aromatic heterocycles. The molecule has 0 spiro atoms. The summed E-state index contributed by atoms with van der Waals surface area (Å²) in [5.41, 5.74) is 8.21. The van der Waals surface area contributed by atoms with E-state index in [0.717, 1.165) is 22.3 Å². The lowest BCUT2D eigenvalue weighted by molar-refractivity contribution is 1.01. The summed E-state index contributed by atoms with van der Waals surface area (Å²) in [6, 6.07) is 7.67. The molecule has 2 aromatic rings. The van der Waals surface area contributed by atoms with E-state index in [0.29, 0.717) is 11.6 Å². The number of nitrogens with one attached hydrogen (secondary N) is 1. The topological polar surface area (TPSA) is 50.9 Å². The molecule has 3 N–H and O–H groups in total. The van der Waals surface area contributed by atoms with E-state index in [1.54, 1.807) is 0 Å². The van der Waals surface area contributed by atoms with Gasteiger partial charge in [-0.2, -0.15) is 0 Å². The molecule has 2 rings (SSSR count). The van der Waals surface area contributed by atoms with Gasteiger partial charge in [0.2, 0.25) is 0 Å². The van der Waals surface area contributed by atoms with Gasteiger partial charge in [-0.1, -0.05) is 23.7 Å². The van der Waals surface area contributed by atoms with Crippen molar-refractivity contribution in [2.24, 2.45) is 5.73 Å². The molecule has 15 heavy (non-hydrogen) atoms. The number of benzene rings is 1. The minimum Gasteiger partial charge on any atom is -0.388 e. The largest absolute Gasteiger partial charge is 0.388 e. The maximum Gasteiger partial charge on any atom is 0.0912 e. The van der Waals surface area contributed by atoms with E-state index in [9.17, 15) is 0 Å². The van der Waals surface area contributed by atoms with Gasteiger partial charge in [0.1, 0.15) is 0 Å². The molecule has 0 saturated carbocycles. The summed E-state index contributed by atoms with van der Waals surface area (Å²) in [7, 11) is 1.87. The lowest BCUT2D eigenvalue weighted by atomic mass is 10.1. The van der Waals surface area contributed by atoms with Gasteiger partial charge < -0.3 is 11.1 Å². The smallest absolute Gasteiger partial charge is 0.0912 e. The summed E-state index contributed by atoms with van der Waals surface area (Å²) in [4.78, 5) is 4.40. The lowest BCUT2D eigenvalue weighted by Crippen LogP contribution is -2.02. The Morgan fingerprint density at radius 1 is 1.47 bits per heavy atom. The van der Waals surface area contributed by atoms with Crippen LogP contribution in [-0.2, 0) is 6.54 Å². The molecular formula is C11H12ClN3. The number of anilines is 1. The summed E-state index contributed by atoms with van der Waals surface area (Å²) in [5.74, 6) is 0. The number of aromatic nitrogens is 1. The van der Waals surface area contributed by atoms with Crippen LogP contribution in [0, 0.1) is 0 Å². The van der Waals surface area contributed by atoms with Gasteiger partial charge in [-0.3, -0.25) is 0 Å². The Balaban J connectivity index is 2.80. The monoisotopic (exact) mass is 221 g/mol. The predicted molar refractivity (Wildman–Crippen MR) is 64.2 cm³/mol. The van der Waals surface area contributed by atoms with Crippen LogP contribution < -0.4 is 11.1 Å². The number of nitrogens with two attached hydrogens (primary N) is 1. The van der Waals surface area contributed by atoms with Crippen molar-refractivity contribution in [3.05, 3.63) is 35.0 Å². The molecule has 0 fully saturated rings. The SMILES string of the molecule is CNc1cc(CN)nc2c(Cl)cccc12. The molecule has 1 heterocycles. The number of nitrogens with zero attached hydrogens (tertiary/aromatic N) is 1. The van der Waals surface area contributed by atoms with Crippen molar-refractivity contribution >= 4 is 28.2 Å². The maximum absolute atomic E-state index is 6.08. The van der Waals surface area contributed by atoms with Crippen LogP contribution in [0.3, 0.4) is 0 Å². The zero-order chi connectivity index (χ0) is 10.8. The van der Waals surface area contributed by atoms with E-state index in [1.165, 1.54) is 0 Å². The Kier molecular flexibility index (Phi) is 2.75. The molecule has 0 aliphatic carbocycles. The minimum atomic E-state index is 0.413. The molecule has 0 radical (unpaired) electrons. The van der Waals surface area contributed by atoms with Crippen molar-refractivity contribution < 1.29 is 0 Å². The van der Waals surface area contributed by atoms with Crippen LogP contribution in [0.5, 0.6) is 0 Å². The first-order valence-corrected chi connectivity index (χ1v) is 5.10. The zero-order valence-electron chi connectivity index (χ0n) is 8.42. The number of rotatable bonds is 2. The van der Waals surface area contributed by atoms with Gasteiger partial charge in [0.15, 0.2) is 0 Å². The fourth-order valence-electron chi connectivity index (χ4n) is 1.58. The summed E-state index contributed by atoms with van der Waals surface area (Å²) in [6.45, 7) is 0.413.